The maximum absolute atomic E-state index is 13.2. The fraction of sp³-hybridized carbons (Fsp3) is 0.440. The van der Waals surface area contributed by atoms with Crippen LogP contribution in [0.1, 0.15) is 29.5 Å². The number of amides is 1. The van der Waals surface area contributed by atoms with Gasteiger partial charge in [0.1, 0.15) is 4.90 Å². The van der Waals surface area contributed by atoms with Crippen LogP contribution in [0.4, 0.5) is 0 Å². The largest absolute Gasteiger partial charge is 0.355 e. The number of piperidine rings is 1. The number of piperazine rings is 1. The van der Waals surface area contributed by atoms with E-state index in [2.05, 4.69) is 40.5 Å². The van der Waals surface area contributed by atoms with Crippen molar-refractivity contribution < 1.29 is 13.2 Å². The lowest BCUT2D eigenvalue weighted by Gasteiger charge is -2.39. The van der Waals surface area contributed by atoms with E-state index in [-0.39, 0.29) is 16.7 Å². The van der Waals surface area contributed by atoms with Crippen LogP contribution in [0.25, 0.3) is 0 Å². The predicted molar refractivity (Wildman–Crippen MR) is 127 cm³/mol. The van der Waals surface area contributed by atoms with Gasteiger partial charge in [-0.25, -0.2) is 0 Å². The number of likely N-dealkylation sites (tertiary alicyclic amines) is 1. The van der Waals surface area contributed by atoms with Crippen LogP contribution in [0.3, 0.4) is 0 Å². The molecule has 5 rings (SSSR count). The van der Waals surface area contributed by atoms with Gasteiger partial charge >= 0.3 is 0 Å². The fourth-order valence-electron chi connectivity index (χ4n) is 5.11. The first-order valence-electron chi connectivity index (χ1n) is 11.7. The van der Waals surface area contributed by atoms with Gasteiger partial charge in [-0.2, -0.15) is 8.42 Å². The van der Waals surface area contributed by atoms with Crippen LogP contribution < -0.4 is 0 Å². The van der Waals surface area contributed by atoms with Gasteiger partial charge in [0.2, 0.25) is 5.91 Å². The van der Waals surface area contributed by atoms with Crippen LogP contribution in [0.2, 0.25) is 0 Å². The molecule has 2 saturated heterocycles. The molecular formula is C25H30N4O3S. The average molecular weight is 467 g/mol. The van der Waals surface area contributed by atoms with E-state index < -0.39 is 10.0 Å². The summed E-state index contributed by atoms with van der Waals surface area (Å²) in [6.07, 6.45) is 1.45. The van der Waals surface area contributed by atoms with Crippen LogP contribution in [0, 0.1) is 12.8 Å². The third kappa shape index (κ3) is 4.54. The first-order valence-corrected chi connectivity index (χ1v) is 13.1. The Morgan fingerprint density at radius 1 is 0.970 bits per heavy atom. The predicted octanol–water partition coefficient (Wildman–Crippen LogP) is 2.50. The summed E-state index contributed by atoms with van der Waals surface area (Å²) in [4.78, 5) is 19.9. The minimum atomic E-state index is -3.62. The van der Waals surface area contributed by atoms with Crippen molar-refractivity contribution in [2.24, 2.45) is 10.3 Å². The lowest BCUT2D eigenvalue weighted by molar-refractivity contribution is -0.138. The molecular weight excluding hydrogens is 436 g/mol. The molecule has 0 spiro atoms. The summed E-state index contributed by atoms with van der Waals surface area (Å²) in [5.74, 6) is 0.769. The number of carbonyl (C=O) groups is 1. The molecule has 0 unspecified atom stereocenters. The summed E-state index contributed by atoms with van der Waals surface area (Å²) in [5.41, 5.74) is 3.27. The molecule has 3 aliphatic heterocycles. The zero-order chi connectivity index (χ0) is 23.0. The summed E-state index contributed by atoms with van der Waals surface area (Å²) >= 11 is 0. The Bertz CT molecular complexity index is 1180. The van der Waals surface area contributed by atoms with Crippen molar-refractivity contribution in [3.8, 4) is 0 Å². The molecule has 0 aliphatic carbocycles. The van der Waals surface area contributed by atoms with Crippen LogP contribution in [0.5, 0.6) is 0 Å². The molecule has 2 aromatic rings. The van der Waals surface area contributed by atoms with Crippen LogP contribution in [-0.4, -0.2) is 74.1 Å². The van der Waals surface area contributed by atoms with Gasteiger partial charge in [-0.05, 0) is 37.5 Å². The second kappa shape index (κ2) is 8.91. The monoisotopic (exact) mass is 466 g/mol. The Hall–Kier alpha value is -2.71. The van der Waals surface area contributed by atoms with Crippen molar-refractivity contribution in [2.45, 2.75) is 31.2 Å². The van der Waals surface area contributed by atoms with E-state index >= 15 is 0 Å². The molecule has 3 heterocycles. The summed E-state index contributed by atoms with van der Waals surface area (Å²) in [7, 11) is -3.62. The van der Waals surface area contributed by atoms with E-state index in [1.807, 2.05) is 21.9 Å². The number of hydrogen-bond donors (Lipinski definition) is 0. The molecule has 0 atom stereocenters. The molecule has 0 saturated carbocycles. The van der Waals surface area contributed by atoms with Crippen molar-refractivity contribution in [3.05, 3.63) is 65.2 Å². The molecule has 0 radical (unpaired) electrons. The Morgan fingerprint density at radius 3 is 2.42 bits per heavy atom. The summed E-state index contributed by atoms with van der Waals surface area (Å²) in [5, 5.41) is 0. The molecule has 7 nitrogen and oxygen atoms in total. The highest BCUT2D eigenvalue weighted by Crippen LogP contribution is 2.30. The number of fused-ring (bicyclic) bond motifs is 1. The lowest BCUT2D eigenvalue weighted by Crippen LogP contribution is -2.51. The number of hydrogen-bond acceptors (Lipinski definition) is 5. The van der Waals surface area contributed by atoms with Gasteiger partial charge in [0.05, 0.1) is 0 Å². The van der Waals surface area contributed by atoms with E-state index in [0.29, 0.717) is 24.5 Å². The van der Waals surface area contributed by atoms with Crippen molar-refractivity contribution in [1.29, 1.82) is 0 Å². The van der Waals surface area contributed by atoms with E-state index in [0.717, 1.165) is 45.6 Å². The van der Waals surface area contributed by atoms with Gasteiger partial charge in [0.15, 0.2) is 5.84 Å². The number of aryl methyl sites for hydroxylation is 1. The SMILES string of the molecule is Cc1cccc(CN2CCN(C(=O)C3CCN(C4=NS(=O)(=O)c5ccccc54)CC3)CC2)c1. The quantitative estimate of drug-likeness (QED) is 0.695. The Morgan fingerprint density at radius 2 is 1.70 bits per heavy atom. The molecule has 174 valence electrons. The molecule has 1 amide bonds. The Kier molecular flexibility index (Phi) is 5.97. The molecule has 2 fully saturated rings. The summed E-state index contributed by atoms with van der Waals surface area (Å²) in [6, 6.07) is 15.6. The normalized spacial score (nSPS) is 21.1. The molecule has 3 aliphatic rings. The van der Waals surface area contributed by atoms with Gasteiger partial charge < -0.3 is 9.80 Å². The highest BCUT2D eigenvalue weighted by atomic mass is 32.2. The third-order valence-corrected chi connectivity index (χ3v) is 8.25. The molecule has 0 aromatic heterocycles. The van der Waals surface area contributed by atoms with Crippen molar-refractivity contribution >= 4 is 21.8 Å². The molecule has 33 heavy (non-hydrogen) atoms. The topological polar surface area (TPSA) is 73.3 Å². The standard InChI is InChI=1S/C25H30N4O3S/c1-19-5-4-6-20(17-19)18-27-13-15-29(16-14-27)25(30)21-9-11-28(12-10-21)24-22-7-2-3-8-23(22)33(31,32)26-24/h2-8,17,21H,9-16,18H2,1H3. The maximum atomic E-state index is 13.2. The Labute approximate surface area is 195 Å². The maximum Gasteiger partial charge on any atom is 0.285 e. The van der Waals surface area contributed by atoms with Crippen LogP contribution in [-0.2, 0) is 21.4 Å². The summed E-state index contributed by atoms with van der Waals surface area (Å²) < 4.78 is 28.8. The molecule has 2 aromatic carbocycles. The smallest absolute Gasteiger partial charge is 0.285 e. The number of amidine groups is 1. The highest BCUT2D eigenvalue weighted by Gasteiger charge is 2.35. The highest BCUT2D eigenvalue weighted by molar-refractivity contribution is 7.90. The van der Waals surface area contributed by atoms with Gasteiger partial charge in [-0.1, -0.05) is 42.0 Å². The zero-order valence-electron chi connectivity index (χ0n) is 19.0. The van der Waals surface area contributed by atoms with Crippen molar-refractivity contribution in [1.82, 2.24) is 14.7 Å². The van der Waals surface area contributed by atoms with E-state index in [1.165, 1.54) is 11.1 Å². The Balaban J connectivity index is 1.14. The van der Waals surface area contributed by atoms with Gasteiger partial charge in [-0.3, -0.25) is 9.69 Å². The second-order valence-electron chi connectivity index (χ2n) is 9.24. The average Bonchev–Trinajstić information content (AvgIpc) is 3.10. The van der Waals surface area contributed by atoms with E-state index in [9.17, 15) is 13.2 Å². The van der Waals surface area contributed by atoms with Gasteiger partial charge in [0.25, 0.3) is 10.0 Å². The van der Waals surface area contributed by atoms with Gasteiger partial charge in [0, 0.05) is 57.3 Å². The van der Waals surface area contributed by atoms with Crippen molar-refractivity contribution in [3.63, 3.8) is 0 Å². The first-order chi connectivity index (χ1) is 15.9. The number of rotatable bonds is 3. The zero-order valence-corrected chi connectivity index (χ0v) is 19.8. The third-order valence-electron chi connectivity index (χ3n) is 6.93. The lowest BCUT2D eigenvalue weighted by atomic mass is 9.94. The number of sulfonamides is 1. The summed E-state index contributed by atoms with van der Waals surface area (Å²) in [6.45, 7) is 7.65. The minimum Gasteiger partial charge on any atom is -0.355 e. The van der Waals surface area contributed by atoms with Crippen LogP contribution >= 0.6 is 0 Å². The first kappa shape index (κ1) is 22.1. The van der Waals surface area contributed by atoms with E-state index in [1.54, 1.807) is 12.1 Å². The number of carbonyl (C=O) groups excluding carboxylic acids is 1. The van der Waals surface area contributed by atoms with E-state index in [4.69, 9.17) is 0 Å². The molecule has 0 N–H and O–H groups in total. The second-order valence-corrected chi connectivity index (χ2v) is 10.8. The molecule has 8 heteroatoms. The molecule has 0 bridgehead atoms. The van der Waals surface area contributed by atoms with Gasteiger partial charge in [-0.15, -0.1) is 4.40 Å². The van der Waals surface area contributed by atoms with Crippen molar-refractivity contribution in [2.75, 3.05) is 39.3 Å². The minimum absolute atomic E-state index is 0.00146. The number of benzene rings is 2. The number of nitrogens with zero attached hydrogens (tertiary/aromatic N) is 4. The fourth-order valence-corrected chi connectivity index (χ4v) is 6.34. The van der Waals surface area contributed by atoms with Crippen LogP contribution in [0.15, 0.2) is 57.8 Å².